The number of carboxylic acids is 1. The fourth-order valence-corrected chi connectivity index (χ4v) is 4.43. The van der Waals surface area contributed by atoms with E-state index in [9.17, 15) is 9.90 Å². The molecule has 21 heavy (non-hydrogen) atoms. The molecule has 0 radical (unpaired) electrons. The molecule has 118 valence electrons. The lowest BCUT2D eigenvalue weighted by molar-refractivity contribution is -0.143. The number of likely N-dealkylation sites (tertiary alicyclic amines) is 1. The van der Waals surface area contributed by atoms with Crippen molar-refractivity contribution in [2.75, 3.05) is 26.3 Å². The number of carbonyl (C=O) groups is 1. The molecule has 0 aromatic carbocycles. The van der Waals surface area contributed by atoms with Gasteiger partial charge in [-0.05, 0) is 36.9 Å². The lowest BCUT2D eigenvalue weighted by Crippen LogP contribution is -2.48. The van der Waals surface area contributed by atoms with E-state index in [1.165, 1.54) is 0 Å². The van der Waals surface area contributed by atoms with E-state index in [-0.39, 0.29) is 11.8 Å². The van der Waals surface area contributed by atoms with Crippen LogP contribution < -0.4 is 0 Å². The van der Waals surface area contributed by atoms with E-state index < -0.39 is 13.1 Å². The normalized spacial score (nSPS) is 36.5. The Morgan fingerprint density at radius 1 is 1.29 bits per heavy atom. The van der Waals surface area contributed by atoms with Gasteiger partial charge in [-0.25, -0.2) is 0 Å². The van der Waals surface area contributed by atoms with Gasteiger partial charge in [0.05, 0.1) is 25.2 Å². The average Bonchev–Trinajstić information content (AvgIpc) is 2.85. The summed E-state index contributed by atoms with van der Waals surface area (Å²) in [6.45, 7) is 3.60. The minimum atomic E-state index is -1.28. The first-order chi connectivity index (χ1) is 10.1. The highest BCUT2D eigenvalue weighted by Crippen LogP contribution is 2.48. The van der Waals surface area contributed by atoms with E-state index >= 15 is 0 Å². The van der Waals surface area contributed by atoms with Gasteiger partial charge >= 0.3 is 13.1 Å². The Bertz CT molecular complexity index is 390. The summed E-state index contributed by atoms with van der Waals surface area (Å²) >= 11 is 0. The first kappa shape index (κ1) is 15.3. The number of fused-ring (bicyclic) bond motifs is 1. The van der Waals surface area contributed by atoms with Crippen molar-refractivity contribution in [3.63, 3.8) is 0 Å². The Kier molecular flexibility index (Phi) is 4.54. The SMILES string of the molecule is O=C(O)C1CC2CN(C3COC3)CC2C1CCCB(O)O. The molecule has 2 saturated heterocycles. The third-order valence-corrected chi connectivity index (χ3v) is 5.60. The van der Waals surface area contributed by atoms with E-state index in [0.29, 0.717) is 30.6 Å². The van der Waals surface area contributed by atoms with Crippen LogP contribution in [0.3, 0.4) is 0 Å². The van der Waals surface area contributed by atoms with Gasteiger partial charge in [0.25, 0.3) is 0 Å². The largest absolute Gasteiger partial charge is 0.481 e. The van der Waals surface area contributed by atoms with Gasteiger partial charge < -0.3 is 19.9 Å². The highest BCUT2D eigenvalue weighted by atomic mass is 16.5. The number of hydrogen-bond acceptors (Lipinski definition) is 5. The lowest BCUT2D eigenvalue weighted by atomic mass is 9.78. The van der Waals surface area contributed by atoms with Crippen molar-refractivity contribution in [3.05, 3.63) is 0 Å². The molecular formula is C14H24BNO5. The van der Waals surface area contributed by atoms with Gasteiger partial charge in [-0.3, -0.25) is 9.69 Å². The monoisotopic (exact) mass is 297 g/mol. The van der Waals surface area contributed by atoms with Crippen LogP contribution in [0, 0.1) is 23.7 Å². The van der Waals surface area contributed by atoms with E-state index in [4.69, 9.17) is 14.8 Å². The third kappa shape index (κ3) is 3.11. The minimum absolute atomic E-state index is 0.178. The quantitative estimate of drug-likeness (QED) is 0.594. The van der Waals surface area contributed by atoms with Crippen LogP contribution in [0.1, 0.15) is 19.3 Å². The molecule has 3 N–H and O–H groups in total. The molecule has 2 aliphatic heterocycles. The summed E-state index contributed by atoms with van der Waals surface area (Å²) in [5, 5.41) is 27.4. The van der Waals surface area contributed by atoms with Crippen LogP contribution in [-0.4, -0.2) is 65.5 Å². The molecule has 1 aliphatic carbocycles. The first-order valence-corrected chi connectivity index (χ1v) is 7.97. The van der Waals surface area contributed by atoms with Crippen molar-refractivity contribution in [1.29, 1.82) is 0 Å². The molecule has 3 fully saturated rings. The van der Waals surface area contributed by atoms with Gasteiger partial charge in [-0.2, -0.15) is 0 Å². The van der Waals surface area contributed by atoms with Gasteiger partial charge in [0.1, 0.15) is 0 Å². The number of ether oxygens (including phenoxy) is 1. The third-order valence-electron chi connectivity index (χ3n) is 5.60. The van der Waals surface area contributed by atoms with Crippen LogP contribution >= 0.6 is 0 Å². The van der Waals surface area contributed by atoms with Crippen LogP contribution in [0.15, 0.2) is 0 Å². The smallest absolute Gasteiger partial charge is 0.451 e. The number of hydrogen-bond donors (Lipinski definition) is 3. The van der Waals surface area contributed by atoms with Crippen molar-refractivity contribution < 1.29 is 24.7 Å². The molecule has 6 nitrogen and oxygen atoms in total. The van der Waals surface area contributed by atoms with E-state index in [1.54, 1.807) is 0 Å². The molecule has 2 heterocycles. The summed E-state index contributed by atoms with van der Waals surface area (Å²) in [6, 6.07) is 0.527. The average molecular weight is 297 g/mol. The highest BCUT2D eigenvalue weighted by Gasteiger charge is 2.51. The molecule has 7 heteroatoms. The topological polar surface area (TPSA) is 90.2 Å². The minimum Gasteiger partial charge on any atom is -0.481 e. The second kappa shape index (κ2) is 6.24. The van der Waals surface area contributed by atoms with Crippen molar-refractivity contribution in [3.8, 4) is 0 Å². The Balaban J connectivity index is 1.60. The summed E-state index contributed by atoms with van der Waals surface area (Å²) in [5.74, 6) is 0.170. The second-order valence-corrected chi connectivity index (χ2v) is 6.82. The van der Waals surface area contributed by atoms with E-state index in [0.717, 1.165) is 39.1 Å². The molecule has 3 rings (SSSR count). The fourth-order valence-electron chi connectivity index (χ4n) is 4.43. The van der Waals surface area contributed by atoms with Crippen molar-refractivity contribution in [2.45, 2.75) is 31.6 Å². The molecule has 4 unspecified atom stereocenters. The number of carboxylic acid groups (broad SMARTS) is 1. The molecule has 0 aromatic rings. The lowest BCUT2D eigenvalue weighted by Gasteiger charge is -2.35. The number of nitrogens with zero attached hydrogens (tertiary/aromatic N) is 1. The summed E-state index contributed by atoms with van der Waals surface area (Å²) < 4.78 is 5.26. The summed E-state index contributed by atoms with van der Waals surface area (Å²) in [7, 11) is -1.28. The van der Waals surface area contributed by atoms with Gasteiger partial charge in [0, 0.05) is 13.1 Å². The molecule has 1 saturated carbocycles. The van der Waals surface area contributed by atoms with Crippen LogP contribution in [0.2, 0.25) is 6.32 Å². The molecule has 0 spiro atoms. The second-order valence-electron chi connectivity index (χ2n) is 6.82. The zero-order chi connectivity index (χ0) is 15.0. The van der Waals surface area contributed by atoms with Crippen LogP contribution in [-0.2, 0) is 9.53 Å². The van der Waals surface area contributed by atoms with Crippen LogP contribution in [0.4, 0.5) is 0 Å². The predicted molar refractivity (Wildman–Crippen MR) is 76.6 cm³/mol. The van der Waals surface area contributed by atoms with E-state index in [2.05, 4.69) is 4.90 Å². The van der Waals surface area contributed by atoms with Crippen molar-refractivity contribution >= 4 is 13.1 Å². The van der Waals surface area contributed by atoms with Gasteiger partial charge in [0.15, 0.2) is 0 Å². The predicted octanol–water partition coefficient (Wildman–Crippen LogP) is -0.0931. The highest BCUT2D eigenvalue weighted by molar-refractivity contribution is 6.40. The van der Waals surface area contributed by atoms with E-state index in [1.807, 2.05) is 0 Å². The maximum atomic E-state index is 11.5. The first-order valence-electron chi connectivity index (χ1n) is 7.97. The maximum absolute atomic E-state index is 11.5. The fraction of sp³-hybridized carbons (Fsp3) is 0.929. The zero-order valence-electron chi connectivity index (χ0n) is 12.2. The summed E-state index contributed by atoms with van der Waals surface area (Å²) in [6.07, 6.45) is 2.57. The summed E-state index contributed by atoms with van der Waals surface area (Å²) in [4.78, 5) is 14.0. The van der Waals surface area contributed by atoms with Crippen LogP contribution in [0.5, 0.6) is 0 Å². The van der Waals surface area contributed by atoms with Gasteiger partial charge in [-0.1, -0.05) is 6.42 Å². The Morgan fingerprint density at radius 2 is 2.05 bits per heavy atom. The Hall–Kier alpha value is -0.625. The zero-order valence-corrected chi connectivity index (χ0v) is 12.2. The molecule has 0 amide bonds. The summed E-state index contributed by atoms with van der Waals surface area (Å²) in [5.41, 5.74) is 0. The molecular weight excluding hydrogens is 273 g/mol. The number of rotatable bonds is 6. The van der Waals surface area contributed by atoms with Gasteiger partial charge in [-0.15, -0.1) is 0 Å². The maximum Gasteiger partial charge on any atom is 0.451 e. The Morgan fingerprint density at radius 3 is 2.62 bits per heavy atom. The number of aliphatic carboxylic acids is 1. The van der Waals surface area contributed by atoms with Crippen molar-refractivity contribution in [2.24, 2.45) is 23.7 Å². The standard InChI is InChI=1S/C14H24BNO5/c17-14(18)12-4-9-5-16(10-7-21-8-10)6-13(9)11(12)2-1-3-15(19)20/h9-13,19-20H,1-8H2,(H,17,18). The molecule has 0 aromatic heterocycles. The molecule has 4 atom stereocenters. The molecule has 3 aliphatic rings. The van der Waals surface area contributed by atoms with Crippen molar-refractivity contribution in [1.82, 2.24) is 4.90 Å². The van der Waals surface area contributed by atoms with Gasteiger partial charge in [0.2, 0.25) is 0 Å². The van der Waals surface area contributed by atoms with Crippen LogP contribution in [0.25, 0.3) is 0 Å². The Labute approximate surface area is 125 Å². The molecule has 0 bridgehead atoms.